The van der Waals surface area contributed by atoms with E-state index >= 15 is 0 Å². The predicted octanol–water partition coefficient (Wildman–Crippen LogP) is 4.83. The zero-order valence-electron chi connectivity index (χ0n) is 12.6. The number of methoxy groups -OCH3 is 1. The van der Waals surface area contributed by atoms with Crippen molar-refractivity contribution in [1.82, 2.24) is 0 Å². The first-order valence-electron chi connectivity index (χ1n) is 7.37. The number of furan rings is 1. The van der Waals surface area contributed by atoms with Gasteiger partial charge in [-0.3, -0.25) is 4.79 Å². The van der Waals surface area contributed by atoms with E-state index in [-0.39, 0.29) is 5.78 Å². The van der Waals surface area contributed by atoms with Gasteiger partial charge in [0.1, 0.15) is 16.9 Å². The molecule has 0 saturated heterocycles. The quantitative estimate of drug-likeness (QED) is 0.509. The zero-order chi connectivity index (χ0) is 15.8. The largest absolute Gasteiger partial charge is 0.497 e. The van der Waals surface area contributed by atoms with Crippen LogP contribution < -0.4 is 4.74 Å². The summed E-state index contributed by atoms with van der Waals surface area (Å²) in [5.74, 6) is 0.667. The second-order valence-corrected chi connectivity index (χ2v) is 5.34. The average molecular weight is 302 g/mol. The van der Waals surface area contributed by atoms with Crippen LogP contribution in [-0.4, -0.2) is 12.9 Å². The van der Waals surface area contributed by atoms with E-state index in [0.29, 0.717) is 16.7 Å². The van der Waals surface area contributed by atoms with E-state index in [4.69, 9.17) is 9.15 Å². The van der Waals surface area contributed by atoms with Gasteiger partial charge in [0.25, 0.3) is 0 Å². The number of para-hydroxylation sites is 2. The van der Waals surface area contributed by atoms with Crippen LogP contribution in [0.2, 0.25) is 0 Å². The Morgan fingerprint density at radius 1 is 0.870 bits per heavy atom. The molecule has 0 bridgehead atoms. The average Bonchev–Trinajstić information content (AvgIpc) is 3.00. The molecule has 0 radical (unpaired) electrons. The van der Waals surface area contributed by atoms with Crippen LogP contribution in [-0.2, 0) is 0 Å². The van der Waals surface area contributed by atoms with Gasteiger partial charge in [-0.15, -0.1) is 0 Å². The van der Waals surface area contributed by atoms with Crippen LogP contribution in [0.5, 0.6) is 5.75 Å². The summed E-state index contributed by atoms with van der Waals surface area (Å²) in [6, 6.07) is 20.6. The van der Waals surface area contributed by atoms with Crippen LogP contribution in [0.25, 0.3) is 21.9 Å². The summed E-state index contributed by atoms with van der Waals surface area (Å²) in [5, 5.41) is 1.98. The molecule has 4 aromatic rings. The molecule has 3 aromatic carbocycles. The molecule has 3 nitrogen and oxygen atoms in total. The van der Waals surface area contributed by atoms with Crippen LogP contribution in [0.1, 0.15) is 15.9 Å². The molecule has 0 spiro atoms. The van der Waals surface area contributed by atoms with E-state index in [1.165, 1.54) is 0 Å². The number of carbonyl (C=O) groups is 1. The monoisotopic (exact) mass is 302 g/mol. The lowest BCUT2D eigenvalue weighted by Gasteiger charge is -2.04. The molecule has 1 heterocycles. The highest BCUT2D eigenvalue weighted by Crippen LogP contribution is 2.31. The Morgan fingerprint density at radius 2 is 1.61 bits per heavy atom. The summed E-state index contributed by atoms with van der Waals surface area (Å²) < 4.78 is 11.1. The van der Waals surface area contributed by atoms with Crippen molar-refractivity contribution in [2.45, 2.75) is 0 Å². The number of rotatable bonds is 3. The lowest BCUT2D eigenvalue weighted by Crippen LogP contribution is -2.01. The Kier molecular flexibility index (Phi) is 3.12. The van der Waals surface area contributed by atoms with Crippen LogP contribution in [0.15, 0.2) is 71.1 Å². The fourth-order valence-electron chi connectivity index (χ4n) is 2.82. The van der Waals surface area contributed by atoms with Crippen LogP contribution in [0, 0.1) is 0 Å². The molecule has 3 heteroatoms. The van der Waals surface area contributed by atoms with Crippen molar-refractivity contribution in [2.24, 2.45) is 0 Å². The Morgan fingerprint density at radius 3 is 2.39 bits per heavy atom. The number of hydrogen-bond acceptors (Lipinski definition) is 3. The molecular formula is C20H14O3. The number of hydrogen-bond donors (Lipinski definition) is 0. The van der Waals surface area contributed by atoms with Crippen molar-refractivity contribution >= 4 is 27.7 Å². The molecule has 1 aromatic heterocycles. The Balaban J connectivity index is 1.88. The van der Waals surface area contributed by atoms with E-state index in [0.717, 1.165) is 22.1 Å². The summed E-state index contributed by atoms with van der Waals surface area (Å²) in [5.41, 5.74) is 2.61. The predicted molar refractivity (Wildman–Crippen MR) is 90.1 cm³/mol. The Hall–Kier alpha value is -3.07. The molecule has 0 amide bonds. The molecule has 23 heavy (non-hydrogen) atoms. The molecule has 112 valence electrons. The minimum absolute atomic E-state index is 0.0580. The van der Waals surface area contributed by atoms with Crippen molar-refractivity contribution in [3.63, 3.8) is 0 Å². The van der Waals surface area contributed by atoms with Gasteiger partial charge in [0.05, 0.1) is 12.7 Å². The second-order valence-electron chi connectivity index (χ2n) is 5.34. The lowest BCUT2D eigenvalue weighted by atomic mass is 10.0. The van der Waals surface area contributed by atoms with Crippen molar-refractivity contribution in [2.75, 3.05) is 7.11 Å². The van der Waals surface area contributed by atoms with E-state index in [1.54, 1.807) is 37.4 Å². The van der Waals surface area contributed by atoms with E-state index in [2.05, 4.69) is 0 Å². The number of ether oxygens (including phenoxy) is 1. The smallest absolute Gasteiger partial charge is 0.196 e. The van der Waals surface area contributed by atoms with Gasteiger partial charge in [-0.25, -0.2) is 0 Å². The first-order valence-corrected chi connectivity index (χ1v) is 7.37. The lowest BCUT2D eigenvalue weighted by molar-refractivity contribution is 0.103. The maximum atomic E-state index is 12.8. The highest BCUT2D eigenvalue weighted by Gasteiger charge is 2.17. The molecule has 0 unspecified atom stereocenters. The third-order valence-electron chi connectivity index (χ3n) is 4.00. The standard InChI is InChI=1S/C20H14O3/c1-22-14-11-9-13(10-12-14)19(21)17-7-4-6-16-15-5-2-3-8-18(15)23-20(16)17/h2-12H,1H3. The fraction of sp³-hybridized carbons (Fsp3) is 0.0500. The van der Waals surface area contributed by atoms with E-state index in [9.17, 15) is 4.79 Å². The van der Waals surface area contributed by atoms with Gasteiger partial charge >= 0.3 is 0 Å². The number of fused-ring (bicyclic) bond motifs is 3. The maximum absolute atomic E-state index is 12.8. The number of carbonyl (C=O) groups excluding carboxylic acids is 1. The third-order valence-corrected chi connectivity index (χ3v) is 4.00. The summed E-state index contributed by atoms with van der Waals surface area (Å²) in [7, 11) is 1.60. The summed E-state index contributed by atoms with van der Waals surface area (Å²) in [6.45, 7) is 0. The maximum Gasteiger partial charge on any atom is 0.196 e. The molecule has 0 atom stereocenters. The van der Waals surface area contributed by atoms with Gasteiger partial charge in [0.2, 0.25) is 0 Å². The zero-order valence-corrected chi connectivity index (χ0v) is 12.6. The first-order chi connectivity index (χ1) is 11.3. The summed E-state index contributed by atoms with van der Waals surface area (Å²) >= 11 is 0. The summed E-state index contributed by atoms with van der Waals surface area (Å²) in [6.07, 6.45) is 0. The molecule has 0 fully saturated rings. The van der Waals surface area contributed by atoms with E-state index < -0.39 is 0 Å². The number of benzene rings is 3. The molecule has 0 aliphatic rings. The highest BCUT2D eigenvalue weighted by molar-refractivity contribution is 6.18. The number of ketones is 1. The van der Waals surface area contributed by atoms with Gasteiger partial charge in [-0.1, -0.05) is 30.3 Å². The minimum Gasteiger partial charge on any atom is -0.497 e. The minimum atomic E-state index is -0.0580. The van der Waals surface area contributed by atoms with Gasteiger partial charge in [0, 0.05) is 16.3 Å². The first kappa shape index (κ1) is 13.6. The van der Waals surface area contributed by atoms with Gasteiger partial charge < -0.3 is 9.15 Å². The normalized spacial score (nSPS) is 11.0. The molecule has 4 rings (SSSR count). The third kappa shape index (κ3) is 2.18. The Labute approximate surface area is 133 Å². The molecular weight excluding hydrogens is 288 g/mol. The van der Waals surface area contributed by atoms with Crippen LogP contribution >= 0.6 is 0 Å². The molecule has 0 saturated carbocycles. The molecule has 0 aliphatic heterocycles. The van der Waals surface area contributed by atoms with Crippen molar-refractivity contribution in [3.05, 3.63) is 77.9 Å². The van der Waals surface area contributed by atoms with Gasteiger partial charge in [-0.2, -0.15) is 0 Å². The van der Waals surface area contributed by atoms with Crippen molar-refractivity contribution < 1.29 is 13.9 Å². The highest BCUT2D eigenvalue weighted by atomic mass is 16.5. The molecule has 0 N–H and O–H groups in total. The van der Waals surface area contributed by atoms with E-state index in [1.807, 2.05) is 36.4 Å². The summed E-state index contributed by atoms with van der Waals surface area (Å²) in [4.78, 5) is 12.8. The second kappa shape index (κ2) is 5.29. The van der Waals surface area contributed by atoms with Crippen molar-refractivity contribution in [1.29, 1.82) is 0 Å². The van der Waals surface area contributed by atoms with Crippen LogP contribution in [0.4, 0.5) is 0 Å². The SMILES string of the molecule is COc1ccc(C(=O)c2cccc3c2oc2ccccc23)cc1. The van der Waals surface area contributed by atoms with Gasteiger partial charge in [0.15, 0.2) is 5.78 Å². The molecule has 0 aliphatic carbocycles. The Bertz CT molecular complexity index is 1010. The van der Waals surface area contributed by atoms with Crippen molar-refractivity contribution in [3.8, 4) is 5.75 Å². The van der Waals surface area contributed by atoms with Gasteiger partial charge in [-0.05, 0) is 36.4 Å². The van der Waals surface area contributed by atoms with Crippen LogP contribution in [0.3, 0.4) is 0 Å². The topological polar surface area (TPSA) is 39.4 Å². The fourth-order valence-corrected chi connectivity index (χ4v) is 2.82.